The maximum atomic E-state index is 3.92. The summed E-state index contributed by atoms with van der Waals surface area (Å²) >= 11 is 1.90. The Balaban J connectivity index is 1.82. The topological polar surface area (TPSA) is 24.4 Å². The van der Waals surface area contributed by atoms with Crippen molar-refractivity contribution < 1.29 is 0 Å². The van der Waals surface area contributed by atoms with Crippen LogP contribution in [-0.4, -0.2) is 32.1 Å². The third-order valence-electron chi connectivity index (χ3n) is 5.14. The SMILES string of the molecule is C=NCCCNCC1=C=CC=CC=C1SCC1=c2ccccc2=C=CC=C1CC(C)C. The molecule has 1 N–H and O–H groups in total. The van der Waals surface area contributed by atoms with Crippen molar-refractivity contribution in [2.75, 3.05) is 25.4 Å². The molecule has 1 aromatic rings. The van der Waals surface area contributed by atoms with Crippen molar-refractivity contribution in [1.82, 2.24) is 5.32 Å². The van der Waals surface area contributed by atoms with Crippen molar-refractivity contribution in [2.24, 2.45) is 10.9 Å². The summed E-state index contributed by atoms with van der Waals surface area (Å²) in [6.07, 6.45) is 14.8. The van der Waals surface area contributed by atoms with Gasteiger partial charge < -0.3 is 10.3 Å². The molecule has 0 atom stereocenters. The van der Waals surface area contributed by atoms with Crippen LogP contribution in [0.1, 0.15) is 26.7 Å². The summed E-state index contributed by atoms with van der Waals surface area (Å²) in [4.78, 5) is 5.20. The van der Waals surface area contributed by atoms with E-state index >= 15 is 0 Å². The van der Waals surface area contributed by atoms with Gasteiger partial charge in [-0.3, -0.25) is 0 Å². The van der Waals surface area contributed by atoms with Gasteiger partial charge in [0.15, 0.2) is 0 Å². The van der Waals surface area contributed by atoms with Gasteiger partial charge in [-0.25, -0.2) is 0 Å². The highest BCUT2D eigenvalue weighted by Crippen LogP contribution is 2.30. The van der Waals surface area contributed by atoms with Gasteiger partial charge in [0.1, 0.15) is 0 Å². The third kappa shape index (κ3) is 6.99. The van der Waals surface area contributed by atoms with Crippen LogP contribution in [0.4, 0.5) is 0 Å². The van der Waals surface area contributed by atoms with Gasteiger partial charge >= 0.3 is 0 Å². The minimum atomic E-state index is 0.609. The van der Waals surface area contributed by atoms with E-state index < -0.39 is 0 Å². The number of nitrogens with one attached hydrogen (secondary N) is 1. The van der Waals surface area contributed by atoms with Gasteiger partial charge in [0.05, 0.1) is 0 Å². The van der Waals surface area contributed by atoms with Crippen molar-refractivity contribution in [2.45, 2.75) is 26.7 Å². The molecule has 0 saturated heterocycles. The second kappa shape index (κ2) is 12.3. The van der Waals surface area contributed by atoms with Crippen molar-refractivity contribution in [3.8, 4) is 0 Å². The molecular formula is C28H32N2S. The second-order valence-corrected chi connectivity index (χ2v) is 9.11. The van der Waals surface area contributed by atoms with E-state index in [1.54, 1.807) is 0 Å². The molecule has 31 heavy (non-hydrogen) atoms. The normalized spacial score (nSPS) is 14.9. The van der Waals surface area contributed by atoms with Crippen molar-refractivity contribution in [3.05, 3.63) is 92.9 Å². The zero-order chi connectivity index (χ0) is 21.9. The molecule has 2 aliphatic carbocycles. The van der Waals surface area contributed by atoms with E-state index in [2.05, 4.69) is 90.9 Å². The summed E-state index contributed by atoms with van der Waals surface area (Å²) in [5.74, 6) is 1.54. The number of benzene rings is 1. The fourth-order valence-electron chi connectivity index (χ4n) is 3.65. The monoisotopic (exact) mass is 428 g/mol. The average molecular weight is 429 g/mol. The molecule has 0 unspecified atom stereocenters. The quantitative estimate of drug-likeness (QED) is 0.314. The van der Waals surface area contributed by atoms with E-state index in [4.69, 9.17) is 0 Å². The summed E-state index contributed by atoms with van der Waals surface area (Å²) in [5, 5.41) is 6.00. The number of fused-ring (bicyclic) bond motifs is 1. The van der Waals surface area contributed by atoms with Crippen LogP contribution in [-0.2, 0) is 0 Å². The lowest BCUT2D eigenvalue weighted by molar-refractivity contribution is 0.651. The van der Waals surface area contributed by atoms with E-state index in [-0.39, 0.29) is 0 Å². The molecule has 160 valence electrons. The van der Waals surface area contributed by atoms with Gasteiger partial charge in [0, 0.05) is 34.5 Å². The number of rotatable bonds is 11. The van der Waals surface area contributed by atoms with Gasteiger partial charge in [-0.1, -0.05) is 50.3 Å². The van der Waals surface area contributed by atoms with Crippen molar-refractivity contribution in [1.29, 1.82) is 0 Å². The van der Waals surface area contributed by atoms with E-state index in [9.17, 15) is 0 Å². The van der Waals surface area contributed by atoms with Gasteiger partial charge in [0.2, 0.25) is 0 Å². The first kappa shape index (κ1) is 23.1. The van der Waals surface area contributed by atoms with Crippen LogP contribution in [0, 0.1) is 5.92 Å². The smallest absolute Gasteiger partial charge is 0.0394 e. The summed E-state index contributed by atoms with van der Waals surface area (Å²) in [6, 6.07) is 8.62. The lowest BCUT2D eigenvalue weighted by Gasteiger charge is -2.16. The van der Waals surface area contributed by atoms with E-state index in [1.165, 1.54) is 32.1 Å². The summed E-state index contributed by atoms with van der Waals surface area (Å²) in [7, 11) is 0. The molecule has 0 radical (unpaired) electrons. The number of thioether (sulfide) groups is 1. The molecule has 0 saturated carbocycles. The fraction of sp³-hybridized carbons (Fsp3) is 0.321. The number of allylic oxidation sites excluding steroid dienone is 6. The molecule has 2 nitrogen and oxygen atoms in total. The van der Waals surface area contributed by atoms with Gasteiger partial charge in [-0.05, 0) is 72.7 Å². The Hall–Kier alpha value is -2.54. The van der Waals surface area contributed by atoms with Crippen LogP contribution in [0.3, 0.4) is 0 Å². The highest BCUT2D eigenvalue weighted by molar-refractivity contribution is 8.03. The summed E-state index contributed by atoms with van der Waals surface area (Å²) in [5.41, 5.74) is 11.0. The van der Waals surface area contributed by atoms with Crippen LogP contribution in [0.25, 0.3) is 11.3 Å². The number of hydrogen-bond acceptors (Lipinski definition) is 3. The molecule has 0 bridgehead atoms. The predicted octanol–water partition coefficient (Wildman–Crippen LogP) is 4.71. The van der Waals surface area contributed by atoms with E-state index in [0.29, 0.717) is 5.92 Å². The lowest BCUT2D eigenvalue weighted by Crippen LogP contribution is -2.27. The molecule has 3 heteroatoms. The van der Waals surface area contributed by atoms with E-state index in [0.717, 1.165) is 38.2 Å². The number of aliphatic imine (C=N–C) groups is 1. The molecule has 2 aliphatic rings. The third-order valence-corrected chi connectivity index (χ3v) is 6.27. The summed E-state index contributed by atoms with van der Waals surface area (Å²) in [6.45, 7) is 10.7. The first-order chi connectivity index (χ1) is 15.2. The molecule has 0 spiro atoms. The van der Waals surface area contributed by atoms with Crippen LogP contribution >= 0.6 is 11.8 Å². The first-order valence-corrected chi connectivity index (χ1v) is 12.0. The highest BCUT2D eigenvalue weighted by atomic mass is 32.2. The molecule has 0 amide bonds. The molecule has 0 fully saturated rings. The molecular weight excluding hydrogens is 396 g/mol. The second-order valence-electron chi connectivity index (χ2n) is 8.10. The Morgan fingerprint density at radius 2 is 1.97 bits per heavy atom. The fourth-order valence-corrected chi connectivity index (χ4v) is 4.77. The van der Waals surface area contributed by atoms with Crippen LogP contribution in [0.5, 0.6) is 0 Å². The summed E-state index contributed by atoms with van der Waals surface area (Å²) < 4.78 is 0. The van der Waals surface area contributed by atoms with Crippen molar-refractivity contribution in [3.63, 3.8) is 0 Å². The molecule has 0 aromatic heterocycles. The van der Waals surface area contributed by atoms with E-state index in [1.807, 2.05) is 23.9 Å². The number of nitrogens with zero attached hydrogens (tertiary/aromatic N) is 1. The maximum absolute atomic E-state index is 3.92. The van der Waals surface area contributed by atoms with Crippen LogP contribution in [0.2, 0.25) is 0 Å². The zero-order valence-corrected chi connectivity index (χ0v) is 19.5. The van der Waals surface area contributed by atoms with Gasteiger partial charge in [-0.15, -0.1) is 23.2 Å². The molecule has 0 aliphatic heterocycles. The van der Waals surface area contributed by atoms with Crippen molar-refractivity contribution >= 4 is 29.8 Å². The Morgan fingerprint density at radius 3 is 2.81 bits per heavy atom. The van der Waals surface area contributed by atoms with Crippen LogP contribution in [0.15, 0.2) is 87.5 Å². The van der Waals surface area contributed by atoms with Gasteiger partial charge in [0.25, 0.3) is 0 Å². The standard InChI is InChI=1S/C28H32N2S/c1-22(2)19-24-14-9-13-23-11-7-8-15-26(23)27(24)21-31-28-16-6-4-5-12-25(28)20-30-18-10-17-29-3/h4-9,11,14-16,22,30H,3,10,17-21H2,1-2H3. The molecule has 3 rings (SSSR count). The minimum Gasteiger partial charge on any atom is -0.312 e. The first-order valence-electron chi connectivity index (χ1n) is 11.0. The van der Waals surface area contributed by atoms with Gasteiger partial charge in [-0.2, -0.15) is 0 Å². The zero-order valence-electron chi connectivity index (χ0n) is 18.7. The Morgan fingerprint density at radius 1 is 1.10 bits per heavy atom. The Bertz CT molecular complexity index is 1100. The predicted molar refractivity (Wildman–Crippen MR) is 138 cm³/mol. The minimum absolute atomic E-state index is 0.609. The Kier molecular flexibility index (Phi) is 9.21. The average Bonchev–Trinajstić information content (AvgIpc) is 3.08. The maximum Gasteiger partial charge on any atom is 0.0394 e. The van der Waals surface area contributed by atoms with Crippen LogP contribution < -0.4 is 15.8 Å². The Labute approximate surface area is 190 Å². The highest BCUT2D eigenvalue weighted by Gasteiger charge is 2.13. The lowest BCUT2D eigenvalue weighted by atomic mass is 9.95. The molecule has 0 heterocycles. The number of hydrogen-bond donors (Lipinski definition) is 1. The molecule has 1 aromatic carbocycles. The largest absolute Gasteiger partial charge is 0.312 e.